The topological polar surface area (TPSA) is 21.3 Å². The van der Waals surface area contributed by atoms with Crippen LogP contribution in [0.25, 0.3) is 0 Å². The molecule has 110 valence electrons. The Hall–Kier alpha value is -1.26. The van der Waals surface area contributed by atoms with Gasteiger partial charge >= 0.3 is 0 Å². The van der Waals surface area contributed by atoms with Gasteiger partial charge in [0.25, 0.3) is 0 Å². The fourth-order valence-corrected chi connectivity index (χ4v) is 3.00. The number of anilines is 1. The minimum atomic E-state index is -0.253. The van der Waals surface area contributed by atoms with E-state index < -0.39 is 0 Å². The monoisotopic (exact) mass is 369 g/mol. The van der Waals surface area contributed by atoms with Crippen LogP contribution in [-0.2, 0) is 6.42 Å². The van der Waals surface area contributed by atoms with Crippen LogP contribution in [0.4, 0.5) is 10.1 Å². The van der Waals surface area contributed by atoms with E-state index in [4.69, 9.17) is 16.3 Å². The highest BCUT2D eigenvalue weighted by molar-refractivity contribution is 9.10. The molecule has 0 saturated heterocycles. The maximum Gasteiger partial charge on any atom is 0.137 e. The number of fused-ring (bicyclic) bond motifs is 1. The van der Waals surface area contributed by atoms with Crippen LogP contribution in [0.15, 0.2) is 34.8 Å². The Kier molecular flexibility index (Phi) is 4.09. The van der Waals surface area contributed by atoms with E-state index in [1.54, 1.807) is 6.07 Å². The van der Waals surface area contributed by atoms with Crippen molar-refractivity contribution in [1.29, 1.82) is 0 Å². The predicted octanol–water partition coefficient (Wildman–Crippen LogP) is 4.97. The minimum Gasteiger partial charge on any atom is -0.488 e. The smallest absolute Gasteiger partial charge is 0.137 e. The van der Waals surface area contributed by atoms with Gasteiger partial charge in [-0.15, -0.1) is 0 Å². The van der Waals surface area contributed by atoms with E-state index >= 15 is 0 Å². The molecule has 0 aromatic heterocycles. The molecule has 0 saturated carbocycles. The van der Waals surface area contributed by atoms with Crippen molar-refractivity contribution in [1.82, 2.24) is 0 Å². The second-order valence-electron chi connectivity index (χ2n) is 5.16. The van der Waals surface area contributed by atoms with E-state index in [0.717, 1.165) is 34.0 Å². The second kappa shape index (κ2) is 5.85. The zero-order valence-corrected chi connectivity index (χ0v) is 13.8. The van der Waals surface area contributed by atoms with Crippen LogP contribution in [-0.4, -0.2) is 12.6 Å². The van der Waals surface area contributed by atoms with Crippen LogP contribution in [0.2, 0.25) is 5.02 Å². The molecular formula is C16H14BrClFNO. The number of ether oxygens (including phenoxy) is 1. The zero-order chi connectivity index (χ0) is 15.0. The zero-order valence-electron chi connectivity index (χ0n) is 11.4. The highest BCUT2D eigenvalue weighted by Gasteiger charge is 2.23. The summed E-state index contributed by atoms with van der Waals surface area (Å²) in [6.45, 7) is 2.53. The molecule has 21 heavy (non-hydrogen) atoms. The van der Waals surface area contributed by atoms with Crippen LogP contribution in [0.5, 0.6) is 5.75 Å². The fourth-order valence-electron chi connectivity index (χ4n) is 2.46. The Morgan fingerprint density at radius 2 is 2.19 bits per heavy atom. The van der Waals surface area contributed by atoms with Crippen molar-refractivity contribution in [3.05, 3.63) is 56.8 Å². The summed E-state index contributed by atoms with van der Waals surface area (Å²) in [6, 6.07) is 8.94. The summed E-state index contributed by atoms with van der Waals surface area (Å²) >= 11 is 9.19. The lowest BCUT2D eigenvalue weighted by molar-refractivity contribution is 0.246. The average molecular weight is 371 g/mol. The van der Waals surface area contributed by atoms with E-state index in [1.807, 2.05) is 25.1 Å². The first kappa shape index (κ1) is 14.7. The van der Waals surface area contributed by atoms with Crippen molar-refractivity contribution in [3.8, 4) is 5.75 Å². The summed E-state index contributed by atoms with van der Waals surface area (Å²) in [7, 11) is 0. The summed E-state index contributed by atoms with van der Waals surface area (Å²) in [5, 5.41) is 4.04. The number of halogens is 3. The van der Waals surface area contributed by atoms with Gasteiger partial charge in [-0.3, -0.25) is 0 Å². The van der Waals surface area contributed by atoms with Gasteiger partial charge in [-0.1, -0.05) is 11.6 Å². The van der Waals surface area contributed by atoms with Gasteiger partial charge in [-0.2, -0.15) is 0 Å². The largest absolute Gasteiger partial charge is 0.488 e. The lowest BCUT2D eigenvalue weighted by Gasteiger charge is -2.15. The van der Waals surface area contributed by atoms with Crippen LogP contribution < -0.4 is 10.1 Å². The van der Waals surface area contributed by atoms with Gasteiger partial charge in [0.05, 0.1) is 11.0 Å². The molecule has 0 bridgehead atoms. The van der Waals surface area contributed by atoms with Gasteiger partial charge in [0, 0.05) is 17.1 Å². The molecule has 1 unspecified atom stereocenters. The van der Waals surface area contributed by atoms with Gasteiger partial charge in [0.2, 0.25) is 0 Å². The van der Waals surface area contributed by atoms with Gasteiger partial charge < -0.3 is 10.1 Å². The molecule has 0 fully saturated rings. The summed E-state index contributed by atoms with van der Waals surface area (Å²) in [6.07, 6.45) is 0.881. The van der Waals surface area contributed by atoms with Crippen molar-refractivity contribution < 1.29 is 9.13 Å². The molecule has 0 spiro atoms. The third kappa shape index (κ3) is 3.16. The quantitative estimate of drug-likeness (QED) is 0.824. The minimum absolute atomic E-state index is 0.0571. The van der Waals surface area contributed by atoms with Crippen molar-refractivity contribution in [2.45, 2.75) is 19.4 Å². The third-order valence-electron chi connectivity index (χ3n) is 3.55. The van der Waals surface area contributed by atoms with Crippen LogP contribution in [0.1, 0.15) is 11.1 Å². The summed E-state index contributed by atoms with van der Waals surface area (Å²) < 4.78 is 19.7. The molecular weight excluding hydrogens is 357 g/mol. The summed E-state index contributed by atoms with van der Waals surface area (Å²) in [4.78, 5) is 0. The van der Waals surface area contributed by atoms with E-state index in [9.17, 15) is 4.39 Å². The number of hydrogen-bond acceptors (Lipinski definition) is 2. The third-order valence-corrected chi connectivity index (χ3v) is 4.39. The molecule has 1 heterocycles. The SMILES string of the molecule is Cc1cc(F)c(Br)cc1NCC1Cc2cc(Cl)ccc2O1. The molecule has 0 radical (unpaired) electrons. The molecule has 2 nitrogen and oxygen atoms in total. The number of benzene rings is 2. The van der Waals surface area contributed by atoms with Crippen molar-refractivity contribution in [2.24, 2.45) is 0 Å². The molecule has 1 aliphatic heterocycles. The van der Waals surface area contributed by atoms with Crippen LogP contribution in [0.3, 0.4) is 0 Å². The van der Waals surface area contributed by atoms with Gasteiger partial charge in [0.1, 0.15) is 17.7 Å². The second-order valence-corrected chi connectivity index (χ2v) is 6.45. The summed E-state index contributed by atoms with van der Waals surface area (Å²) in [5.74, 6) is 0.639. The van der Waals surface area contributed by atoms with E-state index in [1.165, 1.54) is 6.07 Å². The maximum atomic E-state index is 13.4. The maximum absolute atomic E-state index is 13.4. The number of hydrogen-bond donors (Lipinski definition) is 1. The molecule has 1 N–H and O–H groups in total. The van der Waals surface area contributed by atoms with Gasteiger partial charge in [-0.05, 0) is 64.3 Å². The van der Waals surface area contributed by atoms with Gasteiger partial charge in [-0.25, -0.2) is 4.39 Å². The van der Waals surface area contributed by atoms with E-state index in [0.29, 0.717) is 11.0 Å². The Bertz CT molecular complexity index is 692. The molecule has 2 aromatic rings. The standard InChI is InChI=1S/C16H14BrClFNO/c1-9-4-14(19)13(17)7-15(9)20-8-12-6-10-5-11(18)2-3-16(10)21-12/h2-5,7,12,20H,6,8H2,1H3. The van der Waals surface area contributed by atoms with Crippen molar-refractivity contribution in [3.63, 3.8) is 0 Å². The first-order chi connectivity index (χ1) is 10.0. The molecule has 1 aliphatic rings. The molecule has 5 heteroatoms. The first-order valence-electron chi connectivity index (χ1n) is 6.67. The molecule has 0 aliphatic carbocycles. The average Bonchev–Trinajstić information content (AvgIpc) is 2.83. The fraction of sp³-hybridized carbons (Fsp3) is 0.250. The molecule has 3 rings (SSSR count). The summed E-state index contributed by atoms with van der Waals surface area (Å²) in [5.41, 5.74) is 2.90. The Labute approximate surface area is 136 Å². The highest BCUT2D eigenvalue weighted by atomic mass is 79.9. The number of aryl methyl sites for hydroxylation is 1. The van der Waals surface area contributed by atoms with E-state index in [2.05, 4.69) is 21.2 Å². The van der Waals surface area contributed by atoms with Gasteiger partial charge in [0.15, 0.2) is 0 Å². The van der Waals surface area contributed by atoms with E-state index in [-0.39, 0.29) is 11.9 Å². The lowest BCUT2D eigenvalue weighted by atomic mass is 10.1. The Morgan fingerprint density at radius 1 is 1.38 bits per heavy atom. The van der Waals surface area contributed by atoms with Crippen molar-refractivity contribution >= 4 is 33.2 Å². The lowest BCUT2D eigenvalue weighted by Crippen LogP contribution is -2.24. The molecule has 2 aromatic carbocycles. The highest BCUT2D eigenvalue weighted by Crippen LogP contribution is 2.31. The first-order valence-corrected chi connectivity index (χ1v) is 7.84. The number of nitrogens with one attached hydrogen (secondary N) is 1. The predicted molar refractivity (Wildman–Crippen MR) is 86.9 cm³/mol. The van der Waals surface area contributed by atoms with Crippen molar-refractivity contribution in [2.75, 3.05) is 11.9 Å². The van der Waals surface area contributed by atoms with Crippen LogP contribution in [0, 0.1) is 12.7 Å². The molecule has 1 atom stereocenters. The van der Waals surface area contributed by atoms with Crippen LogP contribution >= 0.6 is 27.5 Å². The normalized spacial score (nSPS) is 16.5. The molecule has 0 amide bonds. The Morgan fingerprint density at radius 3 is 3.00 bits per heavy atom. The Balaban J connectivity index is 1.66. The number of rotatable bonds is 3.